The van der Waals surface area contributed by atoms with Gasteiger partial charge in [-0.2, -0.15) is 0 Å². The van der Waals surface area contributed by atoms with Gasteiger partial charge < -0.3 is 14.9 Å². The number of hydrogen-bond acceptors (Lipinski definition) is 3. The molecule has 3 rings (SSSR count). The summed E-state index contributed by atoms with van der Waals surface area (Å²) in [5.41, 5.74) is 2.33. The summed E-state index contributed by atoms with van der Waals surface area (Å²) >= 11 is 0. The topological polar surface area (TPSA) is 60.9 Å². The van der Waals surface area contributed by atoms with Crippen molar-refractivity contribution in [3.63, 3.8) is 0 Å². The molecule has 136 valence electrons. The molecule has 1 aromatic rings. The van der Waals surface area contributed by atoms with Crippen LogP contribution < -0.4 is 0 Å². The van der Waals surface area contributed by atoms with Crippen molar-refractivity contribution in [2.75, 3.05) is 19.7 Å². The second kappa shape index (κ2) is 7.56. The van der Waals surface area contributed by atoms with E-state index in [2.05, 4.69) is 13.0 Å². The molecule has 5 heteroatoms. The quantitative estimate of drug-likeness (QED) is 0.914. The number of nitrogens with zero attached hydrogens (tertiary/aromatic N) is 2. The Bertz CT molecular complexity index is 646. The molecule has 0 radical (unpaired) electrons. The molecule has 0 spiro atoms. The summed E-state index contributed by atoms with van der Waals surface area (Å²) in [5.74, 6) is 0.272. The molecule has 1 N–H and O–H groups in total. The van der Waals surface area contributed by atoms with E-state index in [1.54, 1.807) is 6.92 Å². The first-order chi connectivity index (χ1) is 12.0. The molecule has 5 nitrogen and oxygen atoms in total. The fraction of sp³-hybridized carbons (Fsp3) is 0.600. The van der Waals surface area contributed by atoms with Gasteiger partial charge in [0.1, 0.15) is 0 Å². The van der Waals surface area contributed by atoms with Crippen LogP contribution in [0.3, 0.4) is 0 Å². The van der Waals surface area contributed by atoms with Crippen LogP contribution in [-0.2, 0) is 16.0 Å². The number of carbonyl (C=O) groups is 2. The Hall–Kier alpha value is -1.88. The minimum Gasteiger partial charge on any atom is -0.396 e. The van der Waals surface area contributed by atoms with Crippen LogP contribution in [0, 0.1) is 5.92 Å². The molecule has 1 aromatic carbocycles. The van der Waals surface area contributed by atoms with Crippen molar-refractivity contribution in [2.24, 2.45) is 5.92 Å². The number of aliphatic hydroxyl groups is 1. The SMILES string of the molecule is CC(=O)N1CCc2ccccc2C1CC(=O)N1CC(CO)CCC1C. The van der Waals surface area contributed by atoms with Gasteiger partial charge in [0.25, 0.3) is 0 Å². The number of carbonyl (C=O) groups excluding carboxylic acids is 2. The number of likely N-dealkylation sites (tertiary alicyclic amines) is 1. The maximum atomic E-state index is 13.0. The lowest BCUT2D eigenvalue weighted by molar-refractivity contribution is -0.139. The molecule has 2 aliphatic rings. The van der Waals surface area contributed by atoms with Crippen molar-refractivity contribution >= 4 is 11.8 Å². The van der Waals surface area contributed by atoms with Crippen LogP contribution in [-0.4, -0.2) is 52.5 Å². The van der Waals surface area contributed by atoms with Gasteiger partial charge in [-0.25, -0.2) is 0 Å². The predicted octanol–water partition coefficient (Wildman–Crippen LogP) is 2.14. The standard InChI is InChI=1S/C20H28N2O3/c1-14-7-8-16(13-23)12-22(14)20(25)11-19-18-6-4-3-5-17(18)9-10-21(19)15(2)24/h3-6,14,16,19,23H,7-13H2,1-2H3. The summed E-state index contributed by atoms with van der Waals surface area (Å²) in [4.78, 5) is 28.9. The summed E-state index contributed by atoms with van der Waals surface area (Å²) in [6, 6.07) is 8.13. The molecule has 25 heavy (non-hydrogen) atoms. The number of aliphatic hydroxyl groups excluding tert-OH is 1. The first kappa shape index (κ1) is 17.9. The van der Waals surface area contributed by atoms with Crippen molar-refractivity contribution in [1.29, 1.82) is 0 Å². The van der Waals surface area contributed by atoms with E-state index in [0.717, 1.165) is 24.8 Å². The molecule has 2 amide bonds. The summed E-state index contributed by atoms with van der Waals surface area (Å²) in [6.07, 6.45) is 3.05. The molecule has 2 heterocycles. The summed E-state index contributed by atoms with van der Waals surface area (Å²) in [5, 5.41) is 9.45. The van der Waals surface area contributed by atoms with E-state index in [4.69, 9.17) is 0 Å². The van der Waals surface area contributed by atoms with Crippen molar-refractivity contribution in [3.05, 3.63) is 35.4 Å². The van der Waals surface area contributed by atoms with E-state index in [1.165, 1.54) is 5.56 Å². The van der Waals surface area contributed by atoms with E-state index in [1.807, 2.05) is 28.0 Å². The zero-order valence-electron chi connectivity index (χ0n) is 15.1. The molecule has 1 fully saturated rings. The monoisotopic (exact) mass is 344 g/mol. The molecule has 0 aliphatic carbocycles. The minimum atomic E-state index is -0.184. The van der Waals surface area contributed by atoms with Crippen molar-refractivity contribution < 1.29 is 14.7 Å². The summed E-state index contributed by atoms with van der Waals surface area (Å²) < 4.78 is 0. The second-order valence-corrected chi connectivity index (χ2v) is 7.40. The fourth-order valence-electron chi connectivity index (χ4n) is 4.21. The van der Waals surface area contributed by atoms with Crippen molar-refractivity contribution in [2.45, 2.75) is 51.6 Å². The maximum Gasteiger partial charge on any atom is 0.225 e. The zero-order chi connectivity index (χ0) is 18.0. The van der Waals surface area contributed by atoms with Gasteiger partial charge in [0.2, 0.25) is 11.8 Å². The minimum absolute atomic E-state index is 0.0206. The molecule has 1 saturated heterocycles. The normalized spacial score (nSPS) is 26.3. The van der Waals surface area contributed by atoms with Gasteiger partial charge in [-0.05, 0) is 43.2 Å². The van der Waals surface area contributed by atoms with E-state index in [9.17, 15) is 14.7 Å². The van der Waals surface area contributed by atoms with Gasteiger partial charge in [0.05, 0.1) is 12.5 Å². The summed E-state index contributed by atoms with van der Waals surface area (Å²) in [7, 11) is 0. The lowest BCUT2D eigenvalue weighted by Crippen LogP contribution is -2.48. The maximum absolute atomic E-state index is 13.0. The number of amides is 2. The highest BCUT2D eigenvalue weighted by Gasteiger charge is 2.34. The number of rotatable bonds is 3. The van der Waals surface area contributed by atoms with Crippen molar-refractivity contribution in [1.82, 2.24) is 9.80 Å². The van der Waals surface area contributed by atoms with Crippen LogP contribution >= 0.6 is 0 Å². The van der Waals surface area contributed by atoms with Gasteiger partial charge >= 0.3 is 0 Å². The average Bonchev–Trinajstić information content (AvgIpc) is 2.62. The lowest BCUT2D eigenvalue weighted by Gasteiger charge is -2.41. The predicted molar refractivity (Wildman–Crippen MR) is 95.9 cm³/mol. The van der Waals surface area contributed by atoms with Gasteiger partial charge in [-0.3, -0.25) is 9.59 Å². The number of hydrogen-bond donors (Lipinski definition) is 1. The van der Waals surface area contributed by atoms with Crippen molar-refractivity contribution in [3.8, 4) is 0 Å². The molecular weight excluding hydrogens is 316 g/mol. The zero-order valence-corrected chi connectivity index (χ0v) is 15.1. The highest BCUT2D eigenvalue weighted by molar-refractivity contribution is 5.80. The fourth-order valence-corrected chi connectivity index (χ4v) is 4.21. The Balaban J connectivity index is 1.81. The van der Waals surface area contributed by atoms with E-state index >= 15 is 0 Å². The Morgan fingerprint density at radius 3 is 2.68 bits per heavy atom. The van der Waals surface area contributed by atoms with Gasteiger partial charge in [-0.15, -0.1) is 0 Å². The third-order valence-electron chi connectivity index (χ3n) is 5.74. The smallest absolute Gasteiger partial charge is 0.225 e. The Morgan fingerprint density at radius 2 is 1.96 bits per heavy atom. The lowest BCUT2D eigenvalue weighted by atomic mass is 9.89. The van der Waals surface area contributed by atoms with Crippen LogP contribution in [0.4, 0.5) is 0 Å². The molecule has 3 unspecified atom stereocenters. The average molecular weight is 344 g/mol. The van der Waals surface area contributed by atoms with E-state index < -0.39 is 0 Å². The molecule has 0 aromatic heterocycles. The van der Waals surface area contributed by atoms with Crippen LogP contribution in [0.5, 0.6) is 0 Å². The molecule has 0 saturated carbocycles. The van der Waals surface area contributed by atoms with Gasteiger partial charge in [-0.1, -0.05) is 24.3 Å². The Kier molecular flexibility index (Phi) is 5.42. The number of fused-ring (bicyclic) bond motifs is 1. The first-order valence-corrected chi connectivity index (χ1v) is 9.26. The van der Waals surface area contributed by atoms with Gasteiger partial charge in [0, 0.05) is 32.7 Å². The first-order valence-electron chi connectivity index (χ1n) is 9.26. The van der Waals surface area contributed by atoms with E-state index in [0.29, 0.717) is 19.5 Å². The van der Waals surface area contributed by atoms with Crippen LogP contribution in [0.2, 0.25) is 0 Å². The largest absolute Gasteiger partial charge is 0.396 e. The molecule has 2 aliphatic heterocycles. The van der Waals surface area contributed by atoms with Crippen LogP contribution in [0.15, 0.2) is 24.3 Å². The van der Waals surface area contributed by atoms with Crippen LogP contribution in [0.25, 0.3) is 0 Å². The second-order valence-electron chi connectivity index (χ2n) is 7.40. The third-order valence-corrected chi connectivity index (χ3v) is 5.74. The number of piperidine rings is 1. The Labute approximate surface area is 149 Å². The molecule has 3 atom stereocenters. The summed E-state index contributed by atoms with van der Waals surface area (Å²) in [6.45, 7) is 5.06. The third kappa shape index (κ3) is 3.71. The van der Waals surface area contributed by atoms with Crippen LogP contribution in [0.1, 0.15) is 50.3 Å². The number of benzene rings is 1. The Morgan fingerprint density at radius 1 is 1.20 bits per heavy atom. The molecule has 0 bridgehead atoms. The highest BCUT2D eigenvalue weighted by Crippen LogP contribution is 2.34. The molecular formula is C20H28N2O3. The van der Waals surface area contributed by atoms with Gasteiger partial charge in [0.15, 0.2) is 0 Å². The highest BCUT2D eigenvalue weighted by atomic mass is 16.3. The van der Waals surface area contributed by atoms with E-state index in [-0.39, 0.29) is 36.4 Å².